The van der Waals surface area contributed by atoms with Gasteiger partial charge in [0.25, 0.3) is 0 Å². The molecule has 2 N–H and O–H groups in total. The lowest BCUT2D eigenvalue weighted by Gasteiger charge is -2.27. The van der Waals surface area contributed by atoms with Crippen molar-refractivity contribution in [1.82, 2.24) is 9.88 Å². The standard InChI is InChI=1S/C23H31N3O3S/c1-17(22-9-8-21(13-24-22)25-30(2,28)29)14-26-15-19-11-23(27,12-20(19)16-26)10-18-6-4-3-5-7-18/h3-9,13,17,19-20,25,27H,10-12,14-16H2,1-2H3/t17?,19-,20?,23?/m1/s1. The molecule has 30 heavy (non-hydrogen) atoms. The molecule has 162 valence electrons. The van der Waals surface area contributed by atoms with E-state index in [1.165, 1.54) is 5.56 Å². The molecule has 0 spiro atoms. The van der Waals surface area contributed by atoms with Gasteiger partial charge in [-0.25, -0.2) is 8.42 Å². The number of hydrogen-bond donors (Lipinski definition) is 2. The van der Waals surface area contributed by atoms with E-state index in [4.69, 9.17) is 0 Å². The third-order valence-electron chi connectivity index (χ3n) is 6.44. The topological polar surface area (TPSA) is 82.5 Å². The Morgan fingerprint density at radius 2 is 1.83 bits per heavy atom. The first kappa shape index (κ1) is 21.3. The zero-order valence-electron chi connectivity index (χ0n) is 17.7. The predicted octanol–water partition coefficient (Wildman–Crippen LogP) is 2.87. The fourth-order valence-corrected chi connectivity index (χ4v) is 5.83. The largest absolute Gasteiger partial charge is 0.390 e. The van der Waals surface area contributed by atoms with Crippen molar-refractivity contribution in [3.05, 3.63) is 59.9 Å². The summed E-state index contributed by atoms with van der Waals surface area (Å²) in [6, 6.07) is 14.0. The number of benzene rings is 1. The van der Waals surface area contributed by atoms with Crippen LogP contribution in [0.15, 0.2) is 48.7 Å². The Morgan fingerprint density at radius 3 is 2.40 bits per heavy atom. The minimum absolute atomic E-state index is 0.263. The molecule has 6 nitrogen and oxygen atoms in total. The smallest absolute Gasteiger partial charge is 0.229 e. The molecule has 3 unspecified atom stereocenters. The van der Waals surface area contributed by atoms with Crippen molar-refractivity contribution in [3.8, 4) is 0 Å². The van der Waals surface area contributed by atoms with Crippen LogP contribution in [0.3, 0.4) is 0 Å². The third-order valence-corrected chi connectivity index (χ3v) is 7.05. The molecule has 1 aromatic carbocycles. The van der Waals surface area contributed by atoms with Crippen LogP contribution in [-0.4, -0.2) is 54.9 Å². The summed E-state index contributed by atoms with van der Waals surface area (Å²) in [5.41, 5.74) is 2.09. The molecule has 2 fully saturated rings. The molecule has 1 saturated carbocycles. The van der Waals surface area contributed by atoms with Gasteiger partial charge in [0, 0.05) is 37.7 Å². The van der Waals surface area contributed by atoms with Gasteiger partial charge < -0.3 is 10.0 Å². The number of hydrogen-bond acceptors (Lipinski definition) is 5. The number of aromatic nitrogens is 1. The number of nitrogens with zero attached hydrogens (tertiary/aromatic N) is 2. The first-order valence-electron chi connectivity index (χ1n) is 10.6. The van der Waals surface area contributed by atoms with E-state index in [9.17, 15) is 13.5 Å². The minimum atomic E-state index is -3.29. The first-order valence-corrected chi connectivity index (χ1v) is 12.5. The molecule has 1 aliphatic heterocycles. The summed E-state index contributed by atoms with van der Waals surface area (Å²) in [4.78, 5) is 6.95. The van der Waals surface area contributed by atoms with Crippen LogP contribution in [0, 0.1) is 11.8 Å². The van der Waals surface area contributed by atoms with Gasteiger partial charge in [0.15, 0.2) is 0 Å². The van der Waals surface area contributed by atoms with Gasteiger partial charge in [-0.05, 0) is 42.4 Å². The molecular weight excluding hydrogens is 398 g/mol. The van der Waals surface area contributed by atoms with Crippen molar-refractivity contribution in [1.29, 1.82) is 0 Å². The minimum Gasteiger partial charge on any atom is -0.390 e. The summed E-state index contributed by atoms with van der Waals surface area (Å²) in [5.74, 6) is 1.37. The van der Waals surface area contributed by atoms with Crippen LogP contribution in [0.2, 0.25) is 0 Å². The van der Waals surface area contributed by atoms with Gasteiger partial charge in [0.05, 0.1) is 23.7 Å². The highest BCUT2D eigenvalue weighted by Gasteiger charge is 2.48. The number of sulfonamides is 1. The molecule has 4 rings (SSSR count). The van der Waals surface area contributed by atoms with E-state index in [0.717, 1.165) is 50.8 Å². The monoisotopic (exact) mass is 429 g/mol. The number of nitrogens with one attached hydrogen (secondary N) is 1. The summed E-state index contributed by atoms with van der Waals surface area (Å²) < 4.78 is 25.1. The molecule has 0 radical (unpaired) electrons. The summed E-state index contributed by atoms with van der Waals surface area (Å²) in [7, 11) is -3.29. The number of aliphatic hydroxyl groups is 1. The molecule has 2 heterocycles. The van der Waals surface area contributed by atoms with Crippen molar-refractivity contribution in [3.63, 3.8) is 0 Å². The molecule has 0 amide bonds. The normalized spacial score (nSPS) is 27.7. The first-order chi connectivity index (χ1) is 14.2. The molecule has 4 atom stereocenters. The van der Waals surface area contributed by atoms with Crippen molar-refractivity contribution < 1.29 is 13.5 Å². The van der Waals surface area contributed by atoms with Crippen LogP contribution in [0.25, 0.3) is 0 Å². The Kier molecular flexibility index (Phi) is 5.88. The average molecular weight is 430 g/mol. The number of anilines is 1. The van der Waals surface area contributed by atoms with Gasteiger partial charge in [-0.3, -0.25) is 9.71 Å². The van der Waals surface area contributed by atoms with E-state index in [-0.39, 0.29) is 5.92 Å². The lowest BCUT2D eigenvalue weighted by atomic mass is 9.91. The maximum Gasteiger partial charge on any atom is 0.229 e. The highest BCUT2D eigenvalue weighted by molar-refractivity contribution is 7.92. The van der Waals surface area contributed by atoms with E-state index < -0.39 is 15.6 Å². The van der Waals surface area contributed by atoms with E-state index in [0.29, 0.717) is 17.5 Å². The summed E-state index contributed by atoms with van der Waals surface area (Å²) in [5, 5.41) is 11.1. The van der Waals surface area contributed by atoms with Gasteiger partial charge >= 0.3 is 0 Å². The molecule has 1 aliphatic carbocycles. The second kappa shape index (κ2) is 8.29. The maximum absolute atomic E-state index is 11.3. The Labute approximate surface area is 179 Å². The Bertz CT molecular complexity index is 949. The molecule has 1 aromatic heterocycles. The molecule has 1 saturated heterocycles. The van der Waals surface area contributed by atoms with Gasteiger partial charge in [-0.2, -0.15) is 0 Å². The van der Waals surface area contributed by atoms with E-state index in [1.54, 1.807) is 12.3 Å². The van der Waals surface area contributed by atoms with Crippen molar-refractivity contribution >= 4 is 15.7 Å². The molecule has 0 bridgehead atoms. The highest BCUT2D eigenvalue weighted by atomic mass is 32.2. The van der Waals surface area contributed by atoms with E-state index in [1.807, 2.05) is 24.3 Å². The van der Waals surface area contributed by atoms with Crippen molar-refractivity contribution in [2.24, 2.45) is 11.8 Å². The second-order valence-electron chi connectivity index (χ2n) is 9.28. The average Bonchev–Trinajstić information content (AvgIpc) is 3.15. The molecular formula is C23H31N3O3S. The summed E-state index contributed by atoms with van der Waals surface area (Å²) in [6.45, 7) is 5.14. The molecule has 7 heteroatoms. The lowest BCUT2D eigenvalue weighted by molar-refractivity contribution is 0.0353. The highest BCUT2D eigenvalue weighted by Crippen LogP contribution is 2.45. The summed E-state index contributed by atoms with van der Waals surface area (Å²) >= 11 is 0. The Hall–Kier alpha value is -1.96. The predicted molar refractivity (Wildman–Crippen MR) is 119 cm³/mol. The molecule has 2 aromatic rings. The van der Waals surface area contributed by atoms with Crippen molar-refractivity contribution in [2.45, 2.75) is 37.7 Å². The van der Waals surface area contributed by atoms with Crippen LogP contribution >= 0.6 is 0 Å². The van der Waals surface area contributed by atoms with E-state index in [2.05, 4.69) is 33.7 Å². The fourth-order valence-electron chi connectivity index (χ4n) is 5.28. The van der Waals surface area contributed by atoms with Gasteiger partial charge in [0.2, 0.25) is 10.0 Å². The zero-order chi connectivity index (χ0) is 21.4. The maximum atomic E-state index is 11.3. The quantitative estimate of drug-likeness (QED) is 0.707. The zero-order valence-corrected chi connectivity index (χ0v) is 18.5. The number of fused-ring (bicyclic) bond motifs is 1. The van der Waals surface area contributed by atoms with Crippen LogP contribution in [0.1, 0.15) is 36.9 Å². The van der Waals surface area contributed by atoms with Crippen LogP contribution in [0.5, 0.6) is 0 Å². The Balaban J connectivity index is 1.30. The molecule has 2 aliphatic rings. The van der Waals surface area contributed by atoms with Crippen molar-refractivity contribution in [2.75, 3.05) is 30.6 Å². The van der Waals surface area contributed by atoms with Crippen LogP contribution < -0.4 is 4.72 Å². The van der Waals surface area contributed by atoms with Gasteiger partial charge in [0.1, 0.15) is 0 Å². The number of likely N-dealkylation sites (tertiary alicyclic amines) is 1. The lowest BCUT2D eigenvalue weighted by Crippen LogP contribution is -2.33. The van der Waals surface area contributed by atoms with Crippen LogP contribution in [0.4, 0.5) is 5.69 Å². The summed E-state index contributed by atoms with van der Waals surface area (Å²) in [6.07, 6.45) is 5.21. The fraction of sp³-hybridized carbons (Fsp3) is 0.522. The number of rotatable bonds is 7. The Morgan fingerprint density at radius 1 is 1.17 bits per heavy atom. The third kappa shape index (κ3) is 5.20. The van der Waals surface area contributed by atoms with Crippen LogP contribution in [-0.2, 0) is 16.4 Å². The van der Waals surface area contributed by atoms with Gasteiger partial charge in [-0.15, -0.1) is 0 Å². The van der Waals surface area contributed by atoms with E-state index >= 15 is 0 Å². The van der Waals surface area contributed by atoms with Gasteiger partial charge in [-0.1, -0.05) is 37.3 Å². The number of pyridine rings is 1. The SMILES string of the molecule is CC(CN1CC2CC(O)(Cc3ccccc3)C[C@@H]2C1)c1ccc(NS(C)(=O)=O)cn1. The second-order valence-corrected chi connectivity index (χ2v) is 11.0.